The summed E-state index contributed by atoms with van der Waals surface area (Å²) in [6.45, 7) is 3.77. The van der Waals surface area contributed by atoms with E-state index in [1.54, 1.807) is 24.3 Å². The smallest absolute Gasteiger partial charge is 0.307 e. The predicted octanol–water partition coefficient (Wildman–Crippen LogP) is 3.86. The molecule has 0 atom stereocenters. The SMILES string of the molecule is CC1(C)CC(=O)NN=C1c1ccccc1NC(=O)Nc1ccc(F)cc1F. The standard InChI is InChI=1S/C19H18F2N4O2/c1-19(2)10-16(26)24-25-17(19)12-5-3-4-6-14(12)22-18(27)23-15-8-7-11(20)9-13(15)21/h3-9H,10H2,1-2H3,(H,24,26)(H2,22,23,27). The molecule has 0 radical (unpaired) electrons. The molecule has 2 aromatic carbocycles. The fourth-order valence-corrected chi connectivity index (χ4v) is 2.88. The first-order chi connectivity index (χ1) is 12.8. The summed E-state index contributed by atoms with van der Waals surface area (Å²) in [5, 5.41) is 9.14. The molecular formula is C19H18F2N4O2. The van der Waals surface area contributed by atoms with Crippen molar-refractivity contribution < 1.29 is 18.4 Å². The minimum atomic E-state index is -0.876. The molecule has 1 aliphatic rings. The van der Waals surface area contributed by atoms with Crippen LogP contribution in [-0.2, 0) is 4.79 Å². The van der Waals surface area contributed by atoms with Gasteiger partial charge in [-0.15, -0.1) is 0 Å². The van der Waals surface area contributed by atoms with Crippen LogP contribution in [0.2, 0.25) is 0 Å². The molecule has 3 N–H and O–H groups in total. The molecule has 0 aromatic heterocycles. The number of anilines is 2. The zero-order valence-corrected chi connectivity index (χ0v) is 14.8. The van der Waals surface area contributed by atoms with Gasteiger partial charge in [-0.2, -0.15) is 5.10 Å². The molecule has 0 fully saturated rings. The molecular weight excluding hydrogens is 354 g/mol. The first-order valence-electron chi connectivity index (χ1n) is 8.26. The van der Waals surface area contributed by atoms with Gasteiger partial charge in [0.25, 0.3) is 0 Å². The Hall–Kier alpha value is -3.29. The van der Waals surface area contributed by atoms with Crippen LogP contribution in [0.4, 0.5) is 25.0 Å². The topological polar surface area (TPSA) is 82.6 Å². The lowest BCUT2D eigenvalue weighted by Gasteiger charge is -2.30. The molecule has 0 saturated carbocycles. The largest absolute Gasteiger partial charge is 0.323 e. The summed E-state index contributed by atoms with van der Waals surface area (Å²) < 4.78 is 26.7. The van der Waals surface area contributed by atoms with Crippen molar-refractivity contribution in [2.24, 2.45) is 10.5 Å². The number of nitrogens with zero attached hydrogens (tertiary/aromatic N) is 1. The van der Waals surface area contributed by atoms with E-state index in [9.17, 15) is 18.4 Å². The van der Waals surface area contributed by atoms with Gasteiger partial charge >= 0.3 is 6.03 Å². The van der Waals surface area contributed by atoms with Crippen LogP contribution >= 0.6 is 0 Å². The molecule has 140 valence electrons. The maximum absolute atomic E-state index is 13.7. The Kier molecular flexibility index (Phi) is 4.89. The first kappa shape index (κ1) is 18.5. The zero-order valence-electron chi connectivity index (χ0n) is 14.8. The number of nitrogens with one attached hydrogen (secondary N) is 3. The number of benzene rings is 2. The van der Waals surface area contributed by atoms with E-state index < -0.39 is 23.1 Å². The Labute approximate surface area is 154 Å². The summed E-state index contributed by atoms with van der Waals surface area (Å²) in [6.07, 6.45) is 0.257. The van der Waals surface area contributed by atoms with Gasteiger partial charge in [-0.25, -0.2) is 19.0 Å². The van der Waals surface area contributed by atoms with E-state index in [1.165, 1.54) is 0 Å². The maximum Gasteiger partial charge on any atom is 0.323 e. The molecule has 0 saturated heterocycles. The number of urea groups is 1. The molecule has 1 aliphatic heterocycles. The second kappa shape index (κ2) is 7.14. The number of carbonyl (C=O) groups is 2. The summed E-state index contributed by atoms with van der Waals surface area (Å²) in [4.78, 5) is 23.9. The number of hydrazone groups is 1. The number of para-hydroxylation sites is 1. The molecule has 0 spiro atoms. The molecule has 0 unspecified atom stereocenters. The van der Waals surface area contributed by atoms with Gasteiger partial charge in [-0.3, -0.25) is 4.79 Å². The summed E-state index contributed by atoms with van der Waals surface area (Å²) in [6, 6.07) is 9.14. The van der Waals surface area contributed by atoms with Crippen LogP contribution in [0.25, 0.3) is 0 Å². The first-order valence-corrected chi connectivity index (χ1v) is 8.26. The number of halogens is 2. The molecule has 6 nitrogen and oxygen atoms in total. The number of amides is 3. The van der Waals surface area contributed by atoms with Crippen molar-refractivity contribution in [1.29, 1.82) is 0 Å². The predicted molar refractivity (Wildman–Crippen MR) is 98.5 cm³/mol. The van der Waals surface area contributed by atoms with Gasteiger partial charge in [-0.1, -0.05) is 32.0 Å². The number of carbonyl (C=O) groups excluding carboxylic acids is 2. The second-order valence-corrected chi connectivity index (χ2v) is 6.80. The molecule has 3 amide bonds. The third-order valence-corrected chi connectivity index (χ3v) is 4.15. The van der Waals surface area contributed by atoms with Crippen LogP contribution in [0.1, 0.15) is 25.8 Å². The van der Waals surface area contributed by atoms with Gasteiger partial charge < -0.3 is 10.6 Å². The Morgan fingerprint density at radius 1 is 1.11 bits per heavy atom. The number of hydrogen-bond donors (Lipinski definition) is 3. The summed E-state index contributed by atoms with van der Waals surface area (Å²) in [7, 11) is 0. The number of hydrogen-bond acceptors (Lipinski definition) is 3. The fourth-order valence-electron chi connectivity index (χ4n) is 2.88. The summed E-state index contributed by atoms with van der Waals surface area (Å²) in [5.41, 5.74) is 3.48. The van der Waals surface area contributed by atoms with Crippen LogP contribution in [0.15, 0.2) is 47.6 Å². The molecule has 27 heavy (non-hydrogen) atoms. The second-order valence-electron chi connectivity index (χ2n) is 6.80. The maximum atomic E-state index is 13.7. The van der Waals surface area contributed by atoms with Crippen molar-refractivity contribution >= 4 is 29.0 Å². The van der Waals surface area contributed by atoms with Gasteiger partial charge in [0.1, 0.15) is 11.6 Å². The average Bonchev–Trinajstić information content (AvgIpc) is 2.57. The Bertz CT molecular complexity index is 941. The van der Waals surface area contributed by atoms with E-state index in [4.69, 9.17) is 0 Å². The highest BCUT2D eigenvalue weighted by Gasteiger charge is 2.34. The summed E-state index contributed by atoms with van der Waals surface area (Å²) in [5.74, 6) is -1.79. The Morgan fingerprint density at radius 2 is 1.81 bits per heavy atom. The van der Waals surface area contributed by atoms with Gasteiger partial charge in [0.15, 0.2) is 0 Å². The highest BCUT2D eigenvalue weighted by atomic mass is 19.1. The minimum absolute atomic E-state index is 0.144. The van der Waals surface area contributed by atoms with E-state index in [1.807, 2.05) is 13.8 Å². The van der Waals surface area contributed by atoms with Crippen molar-refractivity contribution in [3.8, 4) is 0 Å². The van der Waals surface area contributed by atoms with Gasteiger partial charge in [0.2, 0.25) is 5.91 Å². The van der Waals surface area contributed by atoms with E-state index >= 15 is 0 Å². The van der Waals surface area contributed by atoms with Crippen molar-refractivity contribution in [2.45, 2.75) is 20.3 Å². The third-order valence-electron chi connectivity index (χ3n) is 4.15. The molecule has 1 heterocycles. The van der Waals surface area contributed by atoms with Gasteiger partial charge in [0.05, 0.1) is 17.1 Å². The summed E-state index contributed by atoms with van der Waals surface area (Å²) >= 11 is 0. The van der Waals surface area contributed by atoms with E-state index in [2.05, 4.69) is 21.2 Å². The quantitative estimate of drug-likeness (QED) is 0.765. The van der Waals surface area contributed by atoms with Gasteiger partial charge in [0, 0.05) is 23.5 Å². The van der Waals surface area contributed by atoms with Crippen LogP contribution in [0.5, 0.6) is 0 Å². The lowest BCUT2D eigenvalue weighted by atomic mass is 9.79. The Morgan fingerprint density at radius 3 is 2.52 bits per heavy atom. The number of rotatable bonds is 3. The fraction of sp³-hybridized carbons (Fsp3) is 0.211. The van der Waals surface area contributed by atoms with E-state index in [0.717, 1.165) is 12.1 Å². The molecule has 8 heteroatoms. The van der Waals surface area contributed by atoms with Crippen molar-refractivity contribution in [1.82, 2.24) is 5.43 Å². The highest BCUT2D eigenvalue weighted by molar-refractivity contribution is 6.13. The molecule has 0 aliphatic carbocycles. The molecule has 0 bridgehead atoms. The monoisotopic (exact) mass is 372 g/mol. The van der Waals surface area contributed by atoms with E-state index in [0.29, 0.717) is 23.0 Å². The minimum Gasteiger partial charge on any atom is -0.307 e. The van der Waals surface area contributed by atoms with Crippen LogP contribution < -0.4 is 16.1 Å². The van der Waals surface area contributed by atoms with Crippen LogP contribution in [-0.4, -0.2) is 17.6 Å². The molecule has 3 rings (SSSR count). The molecule has 2 aromatic rings. The van der Waals surface area contributed by atoms with E-state index in [-0.39, 0.29) is 18.0 Å². The van der Waals surface area contributed by atoms with Crippen molar-refractivity contribution in [3.05, 3.63) is 59.7 Å². The normalized spacial score (nSPS) is 15.6. The van der Waals surface area contributed by atoms with Crippen LogP contribution in [0, 0.1) is 17.0 Å². The lowest BCUT2D eigenvalue weighted by Crippen LogP contribution is -2.39. The van der Waals surface area contributed by atoms with Crippen molar-refractivity contribution in [3.63, 3.8) is 0 Å². The lowest BCUT2D eigenvalue weighted by molar-refractivity contribution is -0.122. The zero-order chi connectivity index (χ0) is 19.6. The average molecular weight is 372 g/mol. The van der Waals surface area contributed by atoms with Gasteiger partial charge in [-0.05, 0) is 18.2 Å². The third kappa shape index (κ3) is 4.11. The Balaban J connectivity index is 1.84. The highest BCUT2D eigenvalue weighted by Crippen LogP contribution is 2.32. The van der Waals surface area contributed by atoms with Crippen LogP contribution in [0.3, 0.4) is 0 Å². The van der Waals surface area contributed by atoms with Crippen molar-refractivity contribution in [2.75, 3.05) is 10.6 Å².